The van der Waals surface area contributed by atoms with E-state index in [2.05, 4.69) is 43.1 Å². The van der Waals surface area contributed by atoms with Crippen molar-refractivity contribution in [1.82, 2.24) is 24.7 Å². The molecule has 5 rings (SSSR count). The molecule has 10 heteroatoms. The number of aromatic nitrogens is 2. The molecule has 4 heterocycles. The van der Waals surface area contributed by atoms with Gasteiger partial charge in [-0.25, -0.2) is 15.0 Å². The average Bonchev–Trinajstić information content (AvgIpc) is 3.28. The van der Waals surface area contributed by atoms with Gasteiger partial charge in [0.15, 0.2) is 0 Å². The van der Waals surface area contributed by atoms with E-state index < -0.39 is 0 Å². The molecular weight excluding hydrogens is 482 g/mol. The van der Waals surface area contributed by atoms with Crippen LogP contribution in [0.3, 0.4) is 0 Å². The predicted octanol–water partition coefficient (Wildman–Crippen LogP) is 2.56. The van der Waals surface area contributed by atoms with E-state index in [0.29, 0.717) is 31.8 Å². The smallest absolute Gasteiger partial charge is 0.273 e. The third-order valence-electron chi connectivity index (χ3n) is 7.43. The minimum atomic E-state index is -0.194. The summed E-state index contributed by atoms with van der Waals surface area (Å²) in [6.07, 6.45) is 19.1. The number of rotatable bonds is 7. The lowest BCUT2D eigenvalue weighted by Crippen LogP contribution is -2.36. The summed E-state index contributed by atoms with van der Waals surface area (Å²) in [6.45, 7) is 1.50. The molecule has 1 aromatic rings. The molecule has 0 radical (unpaired) electrons. The van der Waals surface area contributed by atoms with Crippen molar-refractivity contribution in [3.8, 4) is 0 Å². The highest BCUT2D eigenvalue weighted by Gasteiger charge is 2.44. The Kier molecular flexibility index (Phi) is 7.59. The van der Waals surface area contributed by atoms with Gasteiger partial charge in [-0.1, -0.05) is 24.3 Å². The molecule has 0 aromatic carbocycles. The zero-order chi connectivity index (χ0) is 26.6. The third-order valence-corrected chi connectivity index (χ3v) is 7.43. The van der Waals surface area contributed by atoms with Crippen molar-refractivity contribution in [2.75, 3.05) is 40.9 Å². The second-order valence-electron chi connectivity index (χ2n) is 9.82. The zero-order valence-electron chi connectivity index (χ0n) is 22.0. The number of carbonyl (C=O) groups excluding carboxylic acids is 2. The topological polar surface area (TPSA) is 104 Å². The number of aliphatic imine (C=N–C) groups is 2. The maximum Gasteiger partial charge on any atom is 0.273 e. The maximum absolute atomic E-state index is 13.9. The van der Waals surface area contributed by atoms with Gasteiger partial charge in [0.2, 0.25) is 0 Å². The van der Waals surface area contributed by atoms with Crippen molar-refractivity contribution in [2.24, 2.45) is 15.9 Å². The van der Waals surface area contributed by atoms with Crippen molar-refractivity contribution < 1.29 is 14.3 Å². The van der Waals surface area contributed by atoms with E-state index in [1.54, 1.807) is 36.5 Å². The average molecular weight is 516 g/mol. The first-order chi connectivity index (χ1) is 18.5. The summed E-state index contributed by atoms with van der Waals surface area (Å²) >= 11 is 0. The fourth-order valence-corrected chi connectivity index (χ4v) is 5.29. The van der Waals surface area contributed by atoms with Crippen LogP contribution < -0.4 is 0 Å². The summed E-state index contributed by atoms with van der Waals surface area (Å²) in [7, 11) is 5.32. The maximum atomic E-state index is 13.9. The molecular formula is C28H33N7O3. The molecule has 38 heavy (non-hydrogen) atoms. The van der Waals surface area contributed by atoms with Crippen LogP contribution in [0, 0.1) is 5.92 Å². The van der Waals surface area contributed by atoms with E-state index in [1.165, 1.54) is 6.20 Å². The molecule has 0 N–H and O–H groups in total. The van der Waals surface area contributed by atoms with Gasteiger partial charge in [0.1, 0.15) is 18.2 Å². The van der Waals surface area contributed by atoms with Gasteiger partial charge in [0, 0.05) is 58.8 Å². The third kappa shape index (κ3) is 4.96. The summed E-state index contributed by atoms with van der Waals surface area (Å²) in [5.74, 6) is -0.371. The van der Waals surface area contributed by atoms with Crippen LogP contribution in [-0.2, 0) is 9.53 Å². The molecule has 198 valence electrons. The lowest BCUT2D eigenvalue weighted by atomic mass is 9.92. The molecule has 10 nitrogen and oxygen atoms in total. The number of ether oxygens (including phenoxy) is 1. The Balaban J connectivity index is 1.32. The first-order valence-corrected chi connectivity index (χ1v) is 12.9. The van der Waals surface area contributed by atoms with E-state index in [-0.39, 0.29) is 29.8 Å². The summed E-state index contributed by atoms with van der Waals surface area (Å²) < 4.78 is 5.03. The van der Waals surface area contributed by atoms with E-state index in [0.717, 1.165) is 35.4 Å². The molecule has 3 unspecified atom stereocenters. The van der Waals surface area contributed by atoms with Gasteiger partial charge in [-0.15, -0.1) is 0 Å². The van der Waals surface area contributed by atoms with Crippen LogP contribution in [0.15, 0.2) is 69.7 Å². The molecule has 0 saturated carbocycles. The van der Waals surface area contributed by atoms with E-state index >= 15 is 0 Å². The molecule has 0 spiro atoms. The molecule has 4 aliphatic rings. The van der Waals surface area contributed by atoms with E-state index in [9.17, 15) is 9.59 Å². The Labute approximate surface area is 222 Å². The van der Waals surface area contributed by atoms with Crippen molar-refractivity contribution in [3.63, 3.8) is 0 Å². The normalized spacial score (nSPS) is 24.1. The van der Waals surface area contributed by atoms with Crippen molar-refractivity contribution in [2.45, 2.75) is 31.3 Å². The number of hydrogen-bond acceptors (Lipinski definition) is 8. The Morgan fingerprint density at radius 2 is 2.11 bits per heavy atom. The minimum absolute atomic E-state index is 0.0147. The molecule has 1 aliphatic carbocycles. The van der Waals surface area contributed by atoms with Gasteiger partial charge in [-0.2, -0.15) is 0 Å². The summed E-state index contributed by atoms with van der Waals surface area (Å²) in [5, 5.41) is 0. The van der Waals surface area contributed by atoms with Crippen LogP contribution in [-0.4, -0.2) is 96.1 Å². The molecule has 0 saturated heterocycles. The van der Waals surface area contributed by atoms with Gasteiger partial charge in [-0.3, -0.25) is 14.6 Å². The SMILES string of the molecule is COCCN(C)C(=O)c1cnc(C2C=CN(C(=O)C3=C(C4=CC=CCC4)N(C)C4N=CN=CC34)CC2)cn1. The largest absolute Gasteiger partial charge is 0.383 e. The van der Waals surface area contributed by atoms with Crippen LogP contribution in [0.5, 0.6) is 0 Å². The number of allylic oxidation sites excluding steroid dienone is 5. The number of likely N-dealkylation sites (N-methyl/N-ethyl adjacent to an activating group) is 2. The van der Waals surface area contributed by atoms with Crippen molar-refractivity contribution >= 4 is 24.4 Å². The first-order valence-electron chi connectivity index (χ1n) is 12.9. The zero-order valence-corrected chi connectivity index (χ0v) is 22.0. The van der Waals surface area contributed by atoms with Crippen LogP contribution in [0.4, 0.5) is 0 Å². The molecule has 0 bridgehead atoms. The molecule has 1 aromatic heterocycles. The predicted molar refractivity (Wildman–Crippen MR) is 145 cm³/mol. The molecule has 2 amide bonds. The molecule has 0 fully saturated rings. The summed E-state index contributed by atoms with van der Waals surface area (Å²) in [6, 6.07) is 0. The van der Waals surface area contributed by atoms with Crippen LogP contribution in [0.2, 0.25) is 0 Å². The molecule has 3 atom stereocenters. The second-order valence-corrected chi connectivity index (χ2v) is 9.82. The van der Waals surface area contributed by atoms with Crippen molar-refractivity contribution in [1.29, 1.82) is 0 Å². The Morgan fingerprint density at radius 3 is 2.79 bits per heavy atom. The number of fused-ring (bicyclic) bond motifs is 1. The van der Waals surface area contributed by atoms with Crippen LogP contribution in [0.25, 0.3) is 0 Å². The minimum Gasteiger partial charge on any atom is -0.383 e. The van der Waals surface area contributed by atoms with Gasteiger partial charge >= 0.3 is 0 Å². The number of carbonyl (C=O) groups is 2. The van der Waals surface area contributed by atoms with Gasteiger partial charge in [-0.05, 0) is 24.8 Å². The van der Waals surface area contributed by atoms with Gasteiger partial charge < -0.3 is 19.4 Å². The fraction of sp³-hybridized carbons (Fsp3) is 0.429. The van der Waals surface area contributed by atoms with E-state index in [1.807, 2.05) is 25.5 Å². The first kappa shape index (κ1) is 25.7. The van der Waals surface area contributed by atoms with Gasteiger partial charge in [0.25, 0.3) is 11.8 Å². The highest BCUT2D eigenvalue weighted by atomic mass is 16.5. The van der Waals surface area contributed by atoms with Crippen LogP contribution >= 0.6 is 0 Å². The monoisotopic (exact) mass is 515 g/mol. The van der Waals surface area contributed by atoms with Gasteiger partial charge in [0.05, 0.1) is 35.7 Å². The summed E-state index contributed by atoms with van der Waals surface area (Å²) in [4.78, 5) is 49.6. The fourth-order valence-electron chi connectivity index (χ4n) is 5.29. The lowest BCUT2D eigenvalue weighted by molar-refractivity contribution is -0.125. The Morgan fingerprint density at radius 1 is 1.24 bits per heavy atom. The number of nitrogens with zero attached hydrogens (tertiary/aromatic N) is 7. The van der Waals surface area contributed by atoms with E-state index in [4.69, 9.17) is 4.74 Å². The standard InChI is InChI=1S/C28H33N7O3/c1-33(13-14-38-3)27(36)23-17-30-22(16-31-23)19-9-11-35(12-10-19)28(37)24-21-15-29-18-32-26(21)34(2)25(24)20-7-5-4-6-8-20/h4-5,7,9,11,15-19,21,26H,6,8,10,12-14H2,1-3H3. The number of amides is 2. The second kappa shape index (κ2) is 11.2. The lowest BCUT2D eigenvalue weighted by Gasteiger charge is -2.28. The summed E-state index contributed by atoms with van der Waals surface area (Å²) in [5.41, 5.74) is 3.96. The Bertz CT molecular complexity index is 1260. The molecule has 3 aliphatic heterocycles. The Hall–Kier alpha value is -3.92. The highest BCUT2D eigenvalue weighted by molar-refractivity contribution is 6.01. The van der Waals surface area contributed by atoms with Crippen molar-refractivity contribution in [3.05, 3.63) is 71.1 Å². The number of hydrogen-bond donors (Lipinski definition) is 0. The highest BCUT2D eigenvalue weighted by Crippen LogP contribution is 2.41. The number of methoxy groups -OCH3 is 1. The van der Waals surface area contributed by atoms with Crippen LogP contribution in [0.1, 0.15) is 41.4 Å². The quantitative estimate of drug-likeness (QED) is 0.553.